The van der Waals surface area contributed by atoms with Gasteiger partial charge in [-0.05, 0) is 0 Å². The molecule has 0 aliphatic heterocycles. The molecule has 0 atom stereocenters. The van der Waals surface area contributed by atoms with Gasteiger partial charge in [-0.1, -0.05) is 0 Å². The first-order valence-corrected chi connectivity index (χ1v) is 3.41. The van der Waals surface area contributed by atoms with E-state index in [1.807, 2.05) is 0 Å². The molecule has 7 heteroatoms. The van der Waals surface area contributed by atoms with Crippen molar-refractivity contribution >= 4 is 57.6 Å². The van der Waals surface area contributed by atoms with E-state index in [1.165, 1.54) is 13.8 Å². The van der Waals surface area contributed by atoms with Crippen molar-refractivity contribution < 1.29 is 26.8 Å². The predicted octanol–water partition coefficient (Wildman–Crippen LogP) is -0.363. The van der Waals surface area contributed by atoms with Crippen LogP contribution in [0.3, 0.4) is 0 Å². The molecular formula is C4H10CaO5P+. The molecule has 0 heterocycles. The zero-order valence-electron chi connectivity index (χ0n) is 8.27. The van der Waals surface area contributed by atoms with Crippen LogP contribution in [0.15, 0.2) is 0 Å². The molecule has 0 fully saturated rings. The van der Waals surface area contributed by atoms with E-state index < -0.39 is 8.25 Å². The Bertz CT molecular complexity index is 149. The van der Waals surface area contributed by atoms with Crippen LogP contribution in [0, 0.1) is 0 Å². The minimum Gasteiger partial charge on any atom is -1.00 e. The van der Waals surface area contributed by atoms with E-state index in [0.717, 1.165) is 0 Å². The normalized spacial score (nSPS) is 6.55. The van der Waals surface area contributed by atoms with Gasteiger partial charge in [0.15, 0.2) is 11.6 Å². The van der Waals surface area contributed by atoms with Gasteiger partial charge in [0.05, 0.1) is 0 Å². The fourth-order valence-corrected chi connectivity index (χ4v) is 0. The standard InChI is InChI=1S/C4H6O2.Ca.HO3P.2H/c1-3(5)4(2)6;;1-4(2)3;;/h1-2H3;;(H-,1,2,3);;/q;+2;;2*-1/p+1. The number of ketones is 2. The summed E-state index contributed by atoms with van der Waals surface area (Å²) in [5.74, 6) is -0.759. The summed E-state index contributed by atoms with van der Waals surface area (Å²) < 4.78 is 8.70. The van der Waals surface area contributed by atoms with Crippen LogP contribution in [0.5, 0.6) is 0 Å². The first kappa shape index (κ1) is 17.6. The van der Waals surface area contributed by atoms with Crippen LogP contribution >= 0.6 is 8.25 Å². The molecule has 0 saturated carbocycles. The molecule has 11 heavy (non-hydrogen) atoms. The van der Waals surface area contributed by atoms with Gasteiger partial charge in [0, 0.05) is 18.4 Å². The number of hydrogen-bond donors (Lipinski definition) is 2. The largest absolute Gasteiger partial charge is 2.00 e. The summed E-state index contributed by atoms with van der Waals surface area (Å²) in [5, 5.41) is 0. The Morgan fingerprint density at radius 2 is 1.27 bits per heavy atom. The molecule has 0 saturated heterocycles. The Morgan fingerprint density at radius 1 is 1.18 bits per heavy atom. The quantitative estimate of drug-likeness (QED) is 0.349. The molecule has 2 N–H and O–H groups in total. The van der Waals surface area contributed by atoms with Crippen molar-refractivity contribution in [3.05, 3.63) is 0 Å². The topological polar surface area (TPSA) is 91.7 Å². The molecule has 0 aliphatic carbocycles. The molecule has 0 bridgehead atoms. The third kappa shape index (κ3) is 37.0. The number of Topliss-reactive ketones (excluding diaryl/α,β-unsaturated/α-hetero) is 2. The predicted molar refractivity (Wildman–Crippen MR) is 41.4 cm³/mol. The van der Waals surface area contributed by atoms with Gasteiger partial charge in [0.25, 0.3) is 0 Å². The van der Waals surface area contributed by atoms with Gasteiger partial charge < -0.3 is 2.85 Å². The maximum atomic E-state index is 9.79. The van der Waals surface area contributed by atoms with Crippen LogP contribution in [0.25, 0.3) is 0 Å². The van der Waals surface area contributed by atoms with E-state index in [0.29, 0.717) is 0 Å². The van der Waals surface area contributed by atoms with Crippen LogP contribution < -0.4 is 0 Å². The summed E-state index contributed by atoms with van der Waals surface area (Å²) in [6, 6.07) is 0. The first-order valence-electron chi connectivity index (χ1n) is 2.24. The van der Waals surface area contributed by atoms with Crippen molar-refractivity contribution in [2.45, 2.75) is 13.8 Å². The van der Waals surface area contributed by atoms with E-state index in [9.17, 15) is 9.59 Å². The summed E-state index contributed by atoms with van der Waals surface area (Å²) in [4.78, 5) is 33.8. The van der Waals surface area contributed by atoms with E-state index in [1.54, 1.807) is 0 Å². The smallest absolute Gasteiger partial charge is 1.00 e. The van der Waals surface area contributed by atoms with Gasteiger partial charge in [-0.15, -0.1) is 9.79 Å². The minimum atomic E-state index is -2.87. The van der Waals surface area contributed by atoms with Crippen molar-refractivity contribution in [2.24, 2.45) is 0 Å². The Morgan fingerprint density at radius 3 is 1.27 bits per heavy atom. The van der Waals surface area contributed by atoms with Crippen molar-refractivity contribution in [3.63, 3.8) is 0 Å². The van der Waals surface area contributed by atoms with Crippen molar-refractivity contribution in [1.29, 1.82) is 0 Å². The van der Waals surface area contributed by atoms with Gasteiger partial charge >= 0.3 is 46.0 Å². The molecule has 62 valence electrons. The van der Waals surface area contributed by atoms with E-state index in [-0.39, 0.29) is 52.2 Å². The van der Waals surface area contributed by atoms with Crippen LogP contribution in [-0.2, 0) is 14.2 Å². The maximum absolute atomic E-state index is 9.79. The molecule has 0 aromatic carbocycles. The van der Waals surface area contributed by atoms with Crippen molar-refractivity contribution in [3.8, 4) is 0 Å². The molecule has 0 aromatic heterocycles. The van der Waals surface area contributed by atoms with Crippen LogP contribution in [0.2, 0.25) is 0 Å². The zero-order valence-corrected chi connectivity index (χ0v) is 9.38. The van der Waals surface area contributed by atoms with Gasteiger partial charge in [0.1, 0.15) is 0 Å². The molecule has 0 radical (unpaired) electrons. The van der Waals surface area contributed by atoms with Crippen molar-refractivity contribution in [1.82, 2.24) is 0 Å². The van der Waals surface area contributed by atoms with E-state index in [4.69, 9.17) is 14.4 Å². The van der Waals surface area contributed by atoms with E-state index in [2.05, 4.69) is 0 Å². The second-order valence-electron chi connectivity index (χ2n) is 1.37. The van der Waals surface area contributed by atoms with Gasteiger partial charge in [-0.25, -0.2) is 0 Å². The first-order chi connectivity index (χ1) is 4.37. The molecule has 0 aliphatic rings. The summed E-state index contributed by atoms with van der Waals surface area (Å²) in [6.07, 6.45) is 0. The summed E-state index contributed by atoms with van der Waals surface area (Å²) in [6.45, 7) is 2.50. The van der Waals surface area contributed by atoms with Gasteiger partial charge in [-0.3, -0.25) is 9.59 Å². The molecule has 0 spiro atoms. The Kier molecular flexibility index (Phi) is 17.0. The average molecular weight is 209 g/mol. The average Bonchev–Trinajstić information content (AvgIpc) is 1.63. The fourth-order valence-electron chi connectivity index (χ4n) is 0. The Labute approximate surface area is 97.7 Å². The third-order valence-corrected chi connectivity index (χ3v) is 0.496. The Balaban J connectivity index is -0.0000000279. The molecule has 0 rings (SSSR count). The van der Waals surface area contributed by atoms with Gasteiger partial charge in [-0.2, -0.15) is 0 Å². The zero-order chi connectivity index (χ0) is 8.73. The fraction of sp³-hybridized carbons (Fsp3) is 0.500. The monoisotopic (exact) mass is 209 g/mol. The molecule has 0 unspecified atom stereocenters. The minimum absolute atomic E-state index is 0. The van der Waals surface area contributed by atoms with Crippen LogP contribution in [0.1, 0.15) is 16.7 Å². The SMILES string of the molecule is CC(=O)C(C)=O.O=[P+](O)O.[Ca+2].[H-].[H-]. The van der Waals surface area contributed by atoms with Crippen molar-refractivity contribution in [2.75, 3.05) is 0 Å². The summed E-state index contributed by atoms with van der Waals surface area (Å²) in [5.41, 5.74) is 0. The molecule has 0 amide bonds. The number of carbonyl (C=O) groups excluding carboxylic acids is 2. The summed E-state index contributed by atoms with van der Waals surface area (Å²) in [7, 11) is -2.87. The molecule has 0 aromatic rings. The van der Waals surface area contributed by atoms with E-state index >= 15 is 0 Å². The number of hydrogen-bond acceptors (Lipinski definition) is 3. The number of rotatable bonds is 1. The van der Waals surface area contributed by atoms with Crippen LogP contribution in [0.4, 0.5) is 0 Å². The maximum Gasteiger partial charge on any atom is 2.00 e. The second-order valence-corrected chi connectivity index (χ2v) is 1.87. The second kappa shape index (κ2) is 10.6. The Hall–Kier alpha value is 0.620. The van der Waals surface area contributed by atoms with Crippen LogP contribution in [-0.4, -0.2) is 59.1 Å². The molecular weight excluding hydrogens is 199 g/mol. The third-order valence-electron chi connectivity index (χ3n) is 0.496. The van der Waals surface area contributed by atoms with Gasteiger partial charge in [0.2, 0.25) is 0 Å². The number of carbonyl (C=O) groups is 2. The molecule has 5 nitrogen and oxygen atoms in total. The summed E-state index contributed by atoms with van der Waals surface area (Å²) >= 11 is 0.